The van der Waals surface area contributed by atoms with E-state index in [0.717, 1.165) is 5.16 Å². The third kappa shape index (κ3) is 2.39. The van der Waals surface area contributed by atoms with Gasteiger partial charge in [-0.2, -0.15) is 0 Å². The molecule has 0 aliphatic rings. The fraction of sp³-hybridized carbons (Fsp3) is 0.182. The second-order valence-electron chi connectivity index (χ2n) is 3.31. The first-order chi connectivity index (χ1) is 7.68. The van der Waals surface area contributed by atoms with Crippen molar-refractivity contribution >= 4 is 23.4 Å². The first-order valence-corrected chi connectivity index (χ1v) is 6.08. The van der Waals surface area contributed by atoms with E-state index in [1.807, 2.05) is 17.8 Å². The van der Waals surface area contributed by atoms with Gasteiger partial charge in [-0.3, -0.25) is 0 Å². The van der Waals surface area contributed by atoms with Crippen LogP contribution < -0.4 is 0 Å². The first-order valence-electron chi connectivity index (χ1n) is 4.71. The number of imidazole rings is 1. The van der Waals surface area contributed by atoms with E-state index in [1.54, 1.807) is 18.3 Å². The average molecular weight is 257 g/mol. The normalized spacial score (nSPS) is 10.7. The molecule has 1 heterocycles. The number of nitrogens with zero attached hydrogens (tertiary/aromatic N) is 2. The van der Waals surface area contributed by atoms with Crippen LogP contribution in [0.15, 0.2) is 35.7 Å². The number of halogens is 2. The standard InChI is InChI=1S/C11H10ClFN2S/c1-15-6-5-14-11(15)16-7-8-9(12)3-2-4-10(8)13/h2-6H,7H2,1H3. The van der Waals surface area contributed by atoms with Crippen LogP contribution in [0.25, 0.3) is 0 Å². The Bertz CT molecular complexity index is 478. The van der Waals surface area contributed by atoms with Crippen molar-refractivity contribution in [2.24, 2.45) is 7.05 Å². The van der Waals surface area contributed by atoms with Gasteiger partial charge in [-0.1, -0.05) is 29.4 Å². The molecule has 0 fully saturated rings. The van der Waals surface area contributed by atoms with Gasteiger partial charge in [0.05, 0.1) is 0 Å². The van der Waals surface area contributed by atoms with E-state index in [1.165, 1.54) is 17.8 Å². The molecule has 84 valence electrons. The van der Waals surface area contributed by atoms with Gasteiger partial charge in [0, 0.05) is 35.8 Å². The van der Waals surface area contributed by atoms with E-state index in [2.05, 4.69) is 4.98 Å². The fourth-order valence-corrected chi connectivity index (χ4v) is 2.57. The summed E-state index contributed by atoms with van der Waals surface area (Å²) in [6.45, 7) is 0. The van der Waals surface area contributed by atoms with Crippen LogP contribution in [0.5, 0.6) is 0 Å². The van der Waals surface area contributed by atoms with Gasteiger partial charge in [-0.15, -0.1) is 0 Å². The van der Waals surface area contributed by atoms with Crippen molar-refractivity contribution in [3.63, 3.8) is 0 Å². The molecular formula is C11H10ClFN2S. The lowest BCUT2D eigenvalue weighted by atomic mass is 10.2. The maximum Gasteiger partial charge on any atom is 0.167 e. The first kappa shape index (κ1) is 11.5. The Labute approximate surface area is 102 Å². The smallest absolute Gasteiger partial charge is 0.167 e. The summed E-state index contributed by atoms with van der Waals surface area (Å²) in [6, 6.07) is 4.71. The molecule has 0 aliphatic carbocycles. The van der Waals surface area contributed by atoms with Crippen LogP contribution in [0.2, 0.25) is 5.02 Å². The van der Waals surface area contributed by atoms with Crippen molar-refractivity contribution in [2.45, 2.75) is 10.9 Å². The summed E-state index contributed by atoms with van der Waals surface area (Å²) < 4.78 is 15.3. The summed E-state index contributed by atoms with van der Waals surface area (Å²) in [5, 5.41) is 1.31. The molecule has 2 nitrogen and oxygen atoms in total. The number of rotatable bonds is 3. The summed E-state index contributed by atoms with van der Waals surface area (Å²) in [5.74, 6) is 0.213. The van der Waals surface area contributed by atoms with Crippen LogP contribution in [0.3, 0.4) is 0 Å². The zero-order valence-corrected chi connectivity index (χ0v) is 10.2. The SMILES string of the molecule is Cn1ccnc1SCc1c(F)cccc1Cl. The lowest BCUT2D eigenvalue weighted by Crippen LogP contribution is -1.92. The Kier molecular flexibility index (Phi) is 3.51. The van der Waals surface area contributed by atoms with E-state index < -0.39 is 0 Å². The van der Waals surface area contributed by atoms with Gasteiger partial charge < -0.3 is 4.57 Å². The summed E-state index contributed by atoms with van der Waals surface area (Å²) in [4.78, 5) is 4.15. The second-order valence-corrected chi connectivity index (χ2v) is 4.66. The van der Waals surface area contributed by atoms with Gasteiger partial charge in [0.1, 0.15) is 5.82 Å². The van der Waals surface area contributed by atoms with Crippen molar-refractivity contribution in [3.05, 3.63) is 47.0 Å². The maximum atomic E-state index is 13.5. The molecule has 0 atom stereocenters. The molecule has 5 heteroatoms. The van der Waals surface area contributed by atoms with E-state index in [-0.39, 0.29) is 5.82 Å². The average Bonchev–Trinajstić information content (AvgIpc) is 2.64. The molecule has 0 N–H and O–H groups in total. The number of aromatic nitrogens is 2. The third-order valence-electron chi connectivity index (χ3n) is 2.18. The Morgan fingerprint density at radius 2 is 2.31 bits per heavy atom. The minimum Gasteiger partial charge on any atom is -0.329 e. The highest BCUT2D eigenvalue weighted by molar-refractivity contribution is 7.98. The molecule has 0 saturated carbocycles. The van der Waals surface area contributed by atoms with Crippen LogP contribution in [-0.4, -0.2) is 9.55 Å². The molecule has 0 amide bonds. The summed E-state index contributed by atoms with van der Waals surface area (Å²) in [7, 11) is 1.90. The van der Waals surface area contributed by atoms with Gasteiger partial charge in [-0.25, -0.2) is 9.37 Å². The van der Waals surface area contributed by atoms with Crippen LogP contribution in [-0.2, 0) is 12.8 Å². The van der Waals surface area contributed by atoms with Crippen LogP contribution in [0.4, 0.5) is 4.39 Å². The molecule has 1 aromatic heterocycles. The van der Waals surface area contributed by atoms with E-state index >= 15 is 0 Å². The third-order valence-corrected chi connectivity index (χ3v) is 3.62. The zero-order chi connectivity index (χ0) is 11.5. The summed E-state index contributed by atoms with van der Waals surface area (Å²) in [6.07, 6.45) is 3.57. The lowest BCUT2D eigenvalue weighted by molar-refractivity contribution is 0.617. The molecule has 0 radical (unpaired) electrons. The highest BCUT2D eigenvalue weighted by atomic mass is 35.5. The molecule has 0 spiro atoms. The molecule has 0 saturated heterocycles. The number of hydrogen-bond acceptors (Lipinski definition) is 2. The Morgan fingerprint density at radius 3 is 2.94 bits per heavy atom. The highest BCUT2D eigenvalue weighted by Gasteiger charge is 2.08. The second kappa shape index (κ2) is 4.89. The number of hydrogen-bond donors (Lipinski definition) is 0. The molecule has 2 rings (SSSR count). The van der Waals surface area contributed by atoms with Gasteiger partial charge >= 0.3 is 0 Å². The predicted molar refractivity (Wildman–Crippen MR) is 64.2 cm³/mol. The molecule has 2 aromatic rings. The largest absolute Gasteiger partial charge is 0.329 e. The van der Waals surface area contributed by atoms with Crippen molar-refractivity contribution in [1.29, 1.82) is 0 Å². The molecule has 0 unspecified atom stereocenters. The Balaban J connectivity index is 2.14. The van der Waals surface area contributed by atoms with Crippen molar-refractivity contribution < 1.29 is 4.39 Å². The highest BCUT2D eigenvalue weighted by Crippen LogP contribution is 2.27. The fourth-order valence-electron chi connectivity index (χ4n) is 1.30. The van der Waals surface area contributed by atoms with E-state index in [0.29, 0.717) is 16.3 Å². The number of aryl methyl sites for hydroxylation is 1. The van der Waals surface area contributed by atoms with Gasteiger partial charge in [0.15, 0.2) is 5.16 Å². The summed E-state index contributed by atoms with van der Waals surface area (Å²) in [5.41, 5.74) is 0.525. The van der Waals surface area contributed by atoms with E-state index in [9.17, 15) is 4.39 Å². The van der Waals surface area contributed by atoms with Gasteiger partial charge in [0.2, 0.25) is 0 Å². The topological polar surface area (TPSA) is 17.8 Å². The Morgan fingerprint density at radius 1 is 1.50 bits per heavy atom. The van der Waals surface area contributed by atoms with Crippen LogP contribution in [0.1, 0.15) is 5.56 Å². The van der Waals surface area contributed by atoms with Crippen molar-refractivity contribution in [1.82, 2.24) is 9.55 Å². The molecule has 16 heavy (non-hydrogen) atoms. The van der Waals surface area contributed by atoms with Gasteiger partial charge in [-0.05, 0) is 12.1 Å². The maximum absolute atomic E-state index is 13.5. The predicted octanol–water partition coefficient (Wildman–Crippen LogP) is 3.50. The summed E-state index contributed by atoms with van der Waals surface area (Å²) >= 11 is 7.39. The van der Waals surface area contributed by atoms with Crippen molar-refractivity contribution in [2.75, 3.05) is 0 Å². The number of benzene rings is 1. The van der Waals surface area contributed by atoms with Crippen LogP contribution >= 0.6 is 23.4 Å². The lowest BCUT2D eigenvalue weighted by Gasteiger charge is -2.05. The molecular weight excluding hydrogens is 247 g/mol. The Hall–Kier alpha value is -1.00. The minimum atomic E-state index is -0.269. The molecule has 1 aromatic carbocycles. The van der Waals surface area contributed by atoms with Crippen molar-refractivity contribution in [3.8, 4) is 0 Å². The number of thioether (sulfide) groups is 1. The van der Waals surface area contributed by atoms with Gasteiger partial charge in [0.25, 0.3) is 0 Å². The zero-order valence-electron chi connectivity index (χ0n) is 8.65. The van der Waals surface area contributed by atoms with Crippen LogP contribution in [0, 0.1) is 5.82 Å². The molecule has 0 bridgehead atoms. The quantitative estimate of drug-likeness (QED) is 0.783. The minimum absolute atomic E-state index is 0.269. The molecule has 0 aliphatic heterocycles. The van der Waals surface area contributed by atoms with E-state index in [4.69, 9.17) is 11.6 Å². The monoisotopic (exact) mass is 256 g/mol.